The van der Waals surface area contributed by atoms with Crippen molar-refractivity contribution in [2.45, 2.75) is 44.0 Å². The molecule has 0 aromatic heterocycles. The quantitative estimate of drug-likeness (QED) is 0.827. The Bertz CT molecular complexity index is 616. The average Bonchev–Trinajstić information content (AvgIpc) is 2.96. The first kappa shape index (κ1) is 16.9. The Kier molecular flexibility index (Phi) is 5.11. The Morgan fingerprint density at radius 3 is 2.75 bits per heavy atom. The summed E-state index contributed by atoms with van der Waals surface area (Å²) in [6.45, 7) is 0.614. The van der Waals surface area contributed by atoms with Gasteiger partial charge in [-0.3, -0.25) is 9.59 Å². The molecule has 24 heavy (non-hydrogen) atoms. The van der Waals surface area contributed by atoms with Crippen LogP contribution in [0.15, 0.2) is 24.3 Å². The molecule has 0 bridgehead atoms. The van der Waals surface area contributed by atoms with Gasteiger partial charge < -0.3 is 20.1 Å². The molecule has 1 aliphatic carbocycles. The molecule has 6 nitrogen and oxygen atoms in total. The van der Waals surface area contributed by atoms with Crippen molar-refractivity contribution in [3.63, 3.8) is 0 Å². The minimum absolute atomic E-state index is 0.206. The Balaban J connectivity index is 1.44. The Labute approximate surface area is 139 Å². The van der Waals surface area contributed by atoms with E-state index in [1.807, 2.05) is 0 Å². The molecule has 1 saturated heterocycles. The third-order valence-corrected chi connectivity index (χ3v) is 4.31. The fraction of sp³-hybridized carbons (Fsp3) is 0.529. The molecule has 1 spiro atoms. The summed E-state index contributed by atoms with van der Waals surface area (Å²) in [7, 11) is 0. The lowest BCUT2D eigenvalue weighted by atomic mass is 9.94. The number of carbonyl (C=O) groups is 2. The molecule has 1 atom stereocenters. The van der Waals surface area contributed by atoms with Crippen LogP contribution in [0.5, 0.6) is 0 Å². The number of amides is 2. The number of hydrogen-bond donors (Lipinski definition) is 2. The van der Waals surface area contributed by atoms with Crippen LogP contribution in [-0.4, -0.2) is 36.9 Å². The lowest BCUT2D eigenvalue weighted by Gasteiger charge is -2.31. The van der Waals surface area contributed by atoms with Crippen LogP contribution in [0.25, 0.3) is 0 Å². The number of ether oxygens (including phenoxy) is 2. The average molecular weight is 336 g/mol. The van der Waals surface area contributed by atoms with E-state index in [2.05, 4.69) is 10.6 Å². The van der Waals surface area contributed by atoms with Crippen LogP contribution in [0.4, 0.5) is 10.1 Å². The first-order chi connectivity index (χ1) is 11.6. The van der Waals surface area contributed by atoms with E-state index in [1.165, 1.54) is 24.6 Å². The molecule has 0 unspecified atom stereocenters. The van der Waals surface area contributed by atoms with Gasteiger partial charge in [0.15, 0.2) is 5.79 Å². The van der Waals surface area contributed by atoms with Gasteiger partial charge >= 0.3 is 11.8 Å². The Morgan fingerprint density at radius 1 is 1.21 bits per heavy atom. The summed E-state index contributed by atoms with van der Waals surface area (Å²) >= 11 is 0. The smallest absolute Gasteiger partial charge is 0.313 e. The van der Waals surface area contributed by atoms with E-state index in [0.717, 1.165) is 31.7 Å². The van der Waals surface area contributed by atoms with Crippen LogP contribution in [0.3, 0.4) is 0 Å². The van der Waals surface area contributed by atoms with Crippen molar-refractivity contribution in [3.05, 3.63) is 30.1 Å². The van der Waals surface area contributed by atoms with Crippen molar-refractivity contribution in [2.75, 3.05) is 18.5 Å². The fourth-order valence-electron chi connectivity index (χ4n) is 3.11. The lowest BCUT2D eigenvalue weighted by molar-refractivity contribution is -0.186. The van der Waals surface area contributed by atoms with E-state index < -0.39 is 23.4 Å². The molecular formula is C17H21FN2O4. The van der Waals surface area contributed by atoms with Gasteiger partial charge in [-0.05, 0) is 31.0 Å². The Morgan fingerprint density at radius 2 is 2.00 bits per heavy atom. The summed E-state index contributed by atoms with van der Waals surface area (Å²) < 4.78 is 24.8. The zero-order chi connectivity index (χ0) is 17.0. The van der Waals surface area contributed by atoms with Crippen LogP contribution < -0.4 is 10.6 Å². The number of benzene rings is 1. The predicted molar refractivity (Wildman–Crippen MR) is 84.7 cm³/mol. The van der Waals surface area contributed by atoms with Crippen LogP contribution >= 0.6 is 0 Å². The third-order valence-electron chi connectivity index (χ3n) is 4.31. The summed E-state index contributed by atoms with van der Waals surface area (Å²) in [6, 6.07) is 5.37. The van der Waals surface area contributed by atoms with Gasteiger partial charge in [0, 0.05) is 25.1 Å². The first-order valence-electron chi connectivity index (χ1n) is 8.23. The molecule has 1 heterocycles. The third kappa shape index (κ3) is 4.10. The van der Waals surface area contributed by atoms with Crippen LogP contribution in [0.2, 0.25) is 0 Å². The number of anilines is 1. The highest BCUT2D eigenvalue weighted by Crippen LogP contribution is 2.37. The normalized spacial score (nSPS) is 22.3. The van der Waals surface area contributed by atoms with Gasteiger partial charge in [-0.2, -0.15) is 0 Å². The van der Waals surface area contributed by atoms with Gasteiger partial charge in [0.2, 0.25) is 0 Å². The molecule has 2 amide bonds. The maximum atomic E-state index is 13.1. The molecule has 2 fully saturated rings. The van der Waals surface area contributed by atoms with Crippen molar-refractivity contribution in [1.29, 1.82) is 0 Å². The summed E-state index contributed by atoms with van der Waals surface area (Å²) in [5, 5.41) is 4.88. The SMILES string of the molecule is O=C(NC[C@@H]1COC2(CCCCC2)O1)C(=O)Nc1cccc(F)c1. The zero-order valence-corrected chi connectivity index (χ0v) is 13.3. The number of nitrogens with one attached hydrogen (secondary N) is 2. The number of halogens is 1. The highest BCUT2D eigenvalue weighted by molar-refractivity contribution is 6.39. The highest BCUT2D eigenvalue weighted by atomic mass is 19.1. The zero-order valence-electron chi connectivity index (χ0n) is 13.3. The largest absolute Gasteiger partial charge is 0.347 e. The van der Waals surface area contributed by atoms with Crippen molar-refractivity contribution >= 4 is 17.5 Å². The molecule has 1 aromatic rings. The molecule has 1 aliphatic heterocycles. The fourth-order valence-corrected chi connectivity index (χ4v) is 3.11. The molecule has 0 radical (unpaired) electrons. The topological polar surface area (TPSA) is 76.7 Å². The van der Waals surface area contributed by atoms with Crippen LogP contribution in [-0.2, 0) is 19.1 Å². The maximum Gasteiger partial charge on any atom is 0.313 e. The van der Waals surface area contributed by atoms with Crippen molar-refractivity contribution < 1.29 is 23.5 Å². The molecule has 1 saturated carbocycles. The number of hydrogen-bond acceptors (Lipinski definition) is 4. The van der Waals surface area contributed by atoms with E-state index >= 15 is 0 Å². The summed E-state index contributed by atoms with van der Waals surface area (Å²) in [5.41, 5.74) is 0.233. The van der Waals surface area contributed by atoms with Gasteiger partial charge in [0.05, 0.1) is 6.61 Å². The van der Waals surface area contributed by atoms with Crippen molar-refractivity contribution in [2.24, 2.45) is 0 Å². The maximum absolute atomic E-state index is 13.1. The summed E-state index contributed by atoms with van der Waals surface area (Å²) in [6.07, 6.45) is 4.84. The highest BCUT2D eigenvalue weighted by Gasteiger charge is 2.42. The van der Waals surface area contributed by atoms with Crippen molar-refractivity contribution in [3.8, 4) is 0 Å². The second-order valence-electron chi connectivity index (χ2n) is 6.20. The molecular weight excluding hydrogens is 315 g/mol. The molecule has 2 aliphatic rings. The molecule has 7 heteroatoms. The van der Waals surface area contributed by atoms with E-state index in [0.29, 0.717) is 6.61 Å². The molecule has 2 N–H and O–H groups in total. The van der Waals surface area contributed by atoms with Gasteiger partial charge in [-0.15, -0.1) is 0 Å². The monoisotopic (exact) mass is 336 g/mol. The van der Waals surface area contributed by atoms with E-state index in [-0.39, 0.29) is 18.3 Å². The van der Waals surface area contributed by atoms with Gasteiger partial charge in [0.25, 0.3) is 0 Å². The molecule has 130 valence electrons. The van der Waals surface area contributed by atoms with Gasteiger partial charge in [-0.1, -0.05) is 12.5 Å². The summed E-state index contributed by atoms with van der Waals surface area (Å²) in [5.74, 6) is -2.61. The van der Waals surface area contributed by atoms with E-state index in [1.54, 1.807) is 0 Å². The van der Waals surface area contributed by atoms with Crippen LogP contribution in [0, 0.1) is 5.82 Å². The minimum atomic E-state index is -0.841. The minimum Gasteiger partial charge on any atom is -0.347 e. The lowest BCUT2D eigenvalue weighted by Crippen LogP contribution is -2.41. The standard InChI is InChI=1S/C17H21FN2O4/c18-12-5-4-6-13(9-12)20-16(22)15(21)19-10-14-11-23-17(24-14)7-2-1-3-8-17/h4-6,9,14H,1-3,7-8,10-11H2,(H,19,21)(H,20,22)/t14-/m1/s1. The molecule has 1 aromatic carbocycles. The molecule has 3 rings (SSSR count). The predicted octanol–water partition coefficient (Wildman–Crippen LogP) is 1.96. The van der Waals surface area contributed by atoms with Gasteiger partial charge in [-0.25, -0.2) is 4.39 Å². The first-order valence-corrected chi connectivity index (χ1v) is 8.23. The number of carbonyl (C=O) groups excluding carboxylic acids is 2. The van der Waals surface area contributed by atoms with E-state index in [9.17, 15) is 14.0 Å². The summed E-state index contributed by atoms with van der Waals surface area (Å²) in [4.78, 5) is 23.6. The van der Waals surface area contributed by atoms with Crippen molar-refractivity contribution in [1.82, 2.24) is 5.32 Å². The second-order valence-corrected chi connectivity index (χ2v) is 6.20. The Hall–Kier alpha value is -1.99. The second kappa shape index (κ2) is 7.27. The number of rotatable bonds is 3. The van der Waals surface area contributed by atoms with Gasteiger partial charge in [0.1, 0.15) is 11.9 Å². The van der Waals surface area contributed by atoms with E-state index in [4.69, 9.17) is 9.47 Å². The van der Waals surface area contributed by atoms with Crippen LogP contribution in [0.1, 0.15) is 32.1 Å².